The van der Waals surface area contributed by atoms with Gasteiger partial charge in [-0.15, -0.1) is 0 Å². The van der Waals surface area contributed by atoms with Crippen LogP contribution < -0.4 is 16.0 Å². The SMILES string of the molecule is CC1(C)CCCC1C(Cc1cc(Cl)cc2c1OCC2)NN. The van der Waals surface area contributed by atoms with Gasteiger partial charge < -0.3 is 4.74 Å². The van der Waals surface area contributed by atoms with E-state index in [2.05, 4.69) is 19.3 Å². The monoisotopic (exact) mass is 308 g/mol. The van der Waals surface area contributed by atoms with E-state index in [1.165, 1.54) is 30.4 Å². The normalized spacial score (nSPS) is 24.7. The fourth-order valence-corrected chi connectivity index (χ4v) is 4.41. The number of fused-ring (bicyclic) bond motifs is 1. The van der Waals surface area contributed by atoms with Crippen LogP contribution in [0, 0.1) is 11.3 Å². The Morgan fingerprint density at radius 2 is 2.29 bits per heavy atom. The lowest BCUT2D eigenvalue weighted by molar-refractivity contribution is 0.195. The molecule has 1 aromatic carbocycles. The van der Waals surface area contributed by atoms with Crippen LogP contribution in [0.4, 0.5) is 0 Å². The zero-order chi connectivity index (χ0) is 15.0. The number of hydrazine groups is 1. The van der Waals surface area contributed by atoms with Gasteiger partial charge in [0.25, 0.3) is 0 Å². The largest absolute Gasteiger partial charge is 0.493 e. The number of hydrogen-bond donors (Lipinski definition) is 2. The molecule has 0 spiro atoms. The second-order valence-electron chi connectivity index (χ2n) is 7.12. The third-order valence-electron chi connectivity index (χ3n) is 5.30. The molecule has 0 bridgehead atoms. The van der Waals surface area contributed by atoms with Gasteiger partial charge in [-0.3, -0.25) is 11.3 Å². The van der Waals surface area contributed by atoms with Gasteiger partial charge >= 0.3 is 0 Å². The molecule has 3 rings (SSSR count). The number of nitrogens with one attached hydrogen (secondary N) is 1. The predicted molar refractivity (Wildman–Crippen MR) is 86.6 cm³/mol. The Kier molecular flexibility index (Phi) is 4.17. The summed E-state index contributed by atoms with van der Waals surface area (Å²) in [6.45, 7) is 5.47. The highest BCUT2D eigenvalue weighted by molar-refractivity contribution is 6.30. The molecule has 1 heterocycles. The maximum atomic E-state index is 6.26. The van der Waals surface area contributed by atoms with Crippen LogP contribution in [0.3, 0.4) is 0 Å². The van der Waals surface area contributed by atoms with Gasteiger partial charge in [0.05, 0.1) is 6.61 Å². The molecule has 0 aromatic heterocycles. The Bertz CT molecular complexity index is 530. The molecule has 21 heavy (non-hydrogen) atoms. The molecule has 0 radical (unpaired) electrons. The first-order chi connectivity index (χ1) is 10.0. The highest BCUT2D eigenvalue weighted by Gasteiger charge is 2.39. The zero-order valence-corrected chi connectivity index (χ0v) is 13.7. The zero-order valence-electron chi connectivity index (χ0n) is 12.9. The summed E-state index contributed by atoms with van der Waals surface area (Å²) < 4.78 is 5.82. The molecule has 2 unspecified atom stereocenters. The van der Waals surface area contributed by atoms with Crippen molar-refractivity contribution in [1.82, 2.24) is 5.43 Å². The van der Waals surface area contributed by atoms with Gasteiger partial charge in [0, 0.05) is 17.5 Å². The lowest BCUT2D eigenvalue weighted by atomic mass is 9.76. The Balaban J connectivity index is 1.85. The molecule has 2 aliphatic rings. The van der Waals surface area contributed by atoms with Crippen molar-refractivity contribution in [2.75, 3.05) is 6.61 Å². The quantitative estimate of drug-likeness (QED) is 0.661. The predicted octanol–water partition coefficient (Wildman–Crippen LogP) is 3.48. The average Bonchev–Trinajstić information content (AvgIpc) is 3.01. The Labute approximate surface area is 132 Å². The number of ether oxygens (including phenoxy) is 1. The van der Waals surface area contributed by atoms with E-state index in [0.29, 0.717) is 11.3 Å². The standard InChI is InChI=1S/C17H25ClN2O/c1-17(2)6-3-4-14(17)15(20-19)10-12-9-13(18)8-11-5-7-21-16(11)12/h8-9,14-15,20H,3-7,10,19H2,1-2H3. The Morgan fingerprint density at radius 3 is 2.95 bits per heavy atom. The molecule has 3 nitrogen and oxygen atoms in total. The van der Waals surface area contributed by atoms with E-state index < -0.39 is 0 Å². The van der Waals surface area contributed by atoms with E-state index in [-0.39, 0.29) is 6.04 Å². The van der Waals surface area contributed by atoms with E-state index in [4.69, 9.17) is 22.2 Å². The maximum absolute atomic E-state index is 6.26. The van der Waals surface area contributed by atoms with Crippen LogP contribution in [0.25, 0.3) is 0 Å². The van der Waals surface area contributed by atoms with Crippen LogP contribution in [0.5, 0.6) is 5.75 Å². The van der Waals surface area contributed by atoms with E-state index in [9.17, 15) is 0 Å². The van der Waals surface area contributed by atoms with Crippen LogP contribution in [-0.2, 0) is 12.8 Å². The third-order valence-corrected chi connectivity index (χ3v) is 5.52. The number of hydrogen-bond acceptors (Lipinski definition) is 3. The molecular formula is C17H25ClN2O. The smallest absolute Gasteiger partial charge is 0.125 e. The summed E-state index contributed by atoms with van der Waals surface area (Å²) in [6, 6.07) is 4.34. The minimum absolute atomic E-state index is 0.272. The van der Waals surface area contributed by atoms with Crippen molar-refractivity contribution in [2.24, 2.45) is 17.2 Å². The first-order valence-corrected chi connectivity index (χ1v) is 8.29. The minimum Gasteiger partial charge on any atom is -0.493 e. The molecule has 3 N–H and O–H groups in total. The van der Waals surface area contributed by atoms with Crippen molar-refractivity contribution in [3.63, 3.8) is 0 Å². The van der Waals surface area contributed by atoms with Gasteiger partial charge in [0.15, 0.2) is 0 Å². The van der Waals surface area contributed by atoms with Crippen molar-refractivity contribution in [3.05, 3.63) is 28.3 Å². The van der Waals surface area contributed by atoms with Crippen LogP contribution in [0.2, 0.25) is 5.02 Å². The van der Waals surface area contributed by atoms with E-state index in [0.717, 1.165) is 30.2 Å². The third kappa shape index (κ3) is 2.92. The van der Waals surface area contributed by atoms with Gasteiger partial charge in [-0.05, 0) is 53.9 Å². The van der Waals surface area contributed by atoms with Crippen molar-refractivity contribution < 1.29 is 4.74 Å². The number of nitrogens with two attached hydrogens (primary N) is 1. The van der Waals surface area contributed by atoms with Gasteiger partial charge in [0.2, 0.25) is 0 Å². The molecule has 116 valence electrons. The lowest BCUT2D eigenvalue weighted by Crippen LogP contribution is -2.45. The summed E-state index contributed by atoms with van der Waals surface area (Å²) in [5.74, 6) is 7.51. The van der Waals surface area contributed by atoms with Crippen LogP contribution >= 0.6 is 11.6 Å². The second kappa shape index (κ2) is 5.79. The lowest BCUT2D eigenvalue weighted by Gasteiger charge is -2.34. The molecule has 1 saturated carbocycles. The van der Waals surface area contributed by atoms with Gasteiger partial charge in [-0.2, -0.15) is 0 Å². The van der Waals surface area contributed by atoms with Gasteiger partial charge in [-0.1, -0.05) is 31.9 Å². The molecule has 1 fully saturated rings. The highest BCUT2D eigenvalue weighted by atomic mass is 35.5. The first-order valence-electron chi connectivity index (χ1n) is 7.91. The van der Waals surface area contributed by atoms with E-state index in [1.54, 1.807) is 0 Å². The molecular weight excluding hydrogens is 284 g/mol. The summed E-state index contributed by atoms with van der Waals surface area (Å²) >= 11 is 6.26. The van der Waals surface area contributed by atoms with Crippen LogP contribution in [-0.4, -0.2) is 12.6 Å². The van der Waals surface area contributed by atoms with Crippen molar-refractivity contribution in [3.8, 4) is 5.75 Å². The van der Waals surface area contributed by atoms with Crippen LogP contribution in [0.1, 0.15) is 44.2 Å². The molecule has 0 amide bonds. The number of rotatable bonds is 4. The summed E-state index contributed by atoms with van der Waals surface area (Å²) in [6.07, 6.45) is 5.65. The van der Waals surface area contributed by atoms with Gasteiger partial charge in [-0.25, -0.2) is 0 Å². The summed E-state index contributed by atoms with van der Waals surface area (Å²) in [5.41, 5.74) is 5.84. The average molecular weight is 309 g/mol. The molecule has 0 saturated heterocycles. The molecule has 1 aromatic rings. The Morgan fingerprint density at radius 1 is 1.48 bits per heavy atom. The molecule has 1 aliphatic carbocycles. The van der Waals surface area contributed by atoms with Crippen molar-refractivity contribution in [2.45, 2.75) is 52.0 Å². The van der Waals surface area contributed by atoms with E-state index >= 15 is 0 Å². The first kappa shape index (κ1) is 15.1. The summed E-state index contributed by atoms with van der Waals surface area (Å²) in [7, 11) is 0. The maximum Gasteiger partial charge on any atom is 0.125 e. The van der Waals surface area contributed by atoms with Crippen LogP contribution in [0.15, 0.2) is 12.1 Å². The molecule has 1 aliphatic heterocycles. The van der Waals surface area contributed by atoms with Gasteiger partial charge in [0.1, 0.15) is 5.75 Å². The Hall–Kier alpha value is -0.770. The topological polar surface area (TPSA) is 47.3 Å². The number of benzene rings is 1. The fourth-order valence-electron chi connectivity index (χ4n) is 4.15. The number of halogens is 1. The summed E-state index contributed by atoms with van der Waals surface area (Å²) in [5, 5.41) is 0.802. The van der Waals surface area contributed by atoms with Crippen molar-refractivity contribution >= 4 is 11.6 Å². The highest BCUT2D eigenvalue weighted by Crippen LogP contribution is 2.45. The molecule has 4 heteroatoms. The minimum atomic E-state index is 0.272. The second-order valence-corrected chi connectivity index (χ2v) is 7.55. The van der Waals surface area contributed by atoms with E-state index in [1.807, 2.05) is 12.1 Å². The van der Waals surface area contributed by atoms with Crippen molar-refractivity contribution in [1.29, 1.82) is 0 Å². The summed E-state index contributed by atoms with van der Waals surface area (Å²) in [4.78, 5) is 0. The molecule has 2 atom stereocenters. The fraction of sp³-hybridized carbons (Fsp3) is 0.647.